The normalized spacial score (nSPS) is 12.7. The van der Waals surface area contributed by atoms with Crippen molar-refractivity contribution in [2.75, 3.05) is 23.7 Å². The zero-order valence-electron chi connectivity index (χ0n) is 19.4. The molecule has 0 radical (unpaired) electrons. The Labute approximate surface area is 209 Å². The summed E-state index contributed by atoms with van der Waals surface area (Å²) in [5.74, 6) is 1.46. The van der Waals surface area contributed by atoms with E-state index in [1.165, 1.54) is 0 Å². The molecule has 1 saturated heterocycles. The Balaban J connectivity index is 1.32. The molecule has 0 atom stereocenters. The van der Waals surface area contributed by atoms with Gasteiger partial charge in [-0.1, -0.05) is 30.3 Å². The molecule has 3 aromatic rings. The van der Waals surface area contributed by atoms with Gasteiger partial charge in [-0.3, -0.25) is 10.1 Å². The number of carbonyl (C=O) groups excluding carboxylic acids is 2. The number of thiocarbonyl (C=S) groups is 1. The van der Waals surface area contributed by atoms with Crippen LogP contribution in [0.4, 0.5) is 16.3 Å². The molecule has 0 unspecified atom stereocenters. The van der Waals surface area contributed by atoms with Crippen molar-refractivity contribution in [2.45, 2.75) is 26.2 Å². The third kappa shape index (κ3) is 7.00. The number of pyridine rings is 1. The van der Waals surface area contributed by atoms with Crippen LogP contribution in [0.15, 0.2) is 66.9 Å². The lowest BCUT2D eigenvalue weighted by Crippen LogP contribution is -2.35. The molecule has 1 aromatic heterocycles. The molecule has 2 aromatic carbocycles. The maximum absolute atomic E-state index is 12.3. The van der Waals surface area contributed by atoms with Crippen molar-refractivity contribution < 1.29 is 14.3 Å². The summed E-state index contributed by atoms with van der Waals surface area (Å²) >= 11 is 5.28. The molecule has 35 heavy (non-hydrogen) atoms. The van der Waals surface area contributed by atoms with Crippen LogP contribution in [0.25, 0.3) is 0 Å². The molecule has 0 aliphatic carbocycles. The molecule has 3 N–H and O–H groups in total. The number of anilines is 2. The van der Waals surface area contributed by atoms with E-state index in [0.29, 0.717) is 17.3 Å². The van der Waals surface area contributed by atoms with Crippen LogP contribution >= 0.6 is 12.2 Å². The second-order valence-corrected chi connectivity index (χ2v) is 8.66. The fraction of sp³-hybridized carbons (Fsp3) is 0.231. The Morgan fingerprint density at radius 3 is 2.54 bits per heavy atom. The maximum Gasteiger partial charge on any atom is 0.323 e. The van der Waals surface area contributed by atoms with Crippen molar-refractivity contribution >= 4 is 40.8 Å². The van der Waals surface area contributed by atoms with Crippen molar-refractivity contribution in [1.29, 1.82) is 0 Å². The van der Waals surface area contributed by atoms with Gasteiger partial charge >= 0.3 is 6.03 Å². The van der Waals surface area contributed by atoms with E-state index < -0.39 is 0 Å². The Bertz CT molecular complexity index is 1210. The standard InChI is InChI=1S/C26H27N5O3S/c1-18-15-20(28-25(35)30-24(32)16-19-7-3-2-4-8-19)9-10-22(18)34-21-11-12-27-23(17-21)29-26(33)31-13-5-6-14-31/h2-4,7-12,15,17H,5-6,13-14,16H2,1H3,(H,27,29,33)(H2,28,30,32,35). The molecule has 0 saturated carbocycles. The van der Waals surface area contributed by atoms with Crippen molar-refractivity contribution in [3.8, 4) is 11.5 Å². The van der Waals surface area contributed by atoms with Crippen LogP contribution in [0.2, 0.25) is 0 Å². The van der Waals surface area contributed by atoms with Gasteiger partial charge in [-0.15, -0.1) is 0 Å². The van der Waals surface area contributed by atoms with E-state index in [4.69, 9.17) is 17.0 Å². The number of ether oxygens (including phenoxy) is 1. The van der Waals surface area contributed by atoms with Crippen LogP contribution in [-0.4, -0.2) is 40.0 Å². The highest BCUT2D eigenvalue weighted by Crippen LogP contribution is 2.28. The zero-order valence-corrected chi connectivity index (χ0v) is 20.2. The van der Waals surface area contributed by atoms with Crippen molar-refractivity contribution in [3.05, 3.63) is 78.0 Å². The first-order valence-corrected chi connectivity index (χ1v) is 11.8. The Morgan fingerprint density at radius 1 is 1.03 bits per heavy atom. The van der Waals surface area contributed by atoms with E-state index >= 15 is 0 Å². The summed E-state index contributed by atoms with van der Waals surface area (Å²) in [4.78, 5) is 30.5. The van der Waals surface area contributed by atoms with E-state index in [2.05, 4.69) is 20.9 Å². The molecule has 0 bridgehead atoms. The van der Waals surface area contributed by atoms with Gasteiger partial charge in [0.15, 0.2) is 5.11 Å². The third-order valence-corrected chi connectivity index (χ3v) is 5.68. The van der Waals surface area contributed by atoms with Crippen LogP contribution in [0.3, 0.4) is 0 Å². The minimum atomic E-state index is -0.185. The number of aryl methyl sites for hydroxylation is 1. The molecule has 8 nitrogen and oxygen atoms in total. The minimum Gasteiger partial charge on any atom is -0.457 e. The predicted molar refractivity (Wildman–Crippen MR) is 140 cm³/mol. The summed E-state index contributed by atoms with van der Waals surface area (Å²) in [6.07, 6.45) is 3.90. The Kier molecular flexibility index (Phi) is 7.89. The smallest absolute Gasteiger partial charge is 0.323 e. The van der Waals surface area contributed by atoms with Gasteiger partial charge in [-0.05, 0) is 67.4 Å². The lowest BCUT2D eigenvalue weighted by molar-refractivity contribution is -0.119. The van der Waals surface area contributed by atoms with E-state index in [1.54, 1.807) is 23.2 Å². The molecular weight excluding hydrogens is 462 g/mol. The van der Waals surface area contributed by atoms with Crippen molar-refractivity contribution in [1.82, 2.24) is 15.2 Å². The van der Waals surface area contributed by atoms with Gasteiger partial charge in [-0.2, -0.15) is 0 Å². The maximum atomic E-state index is 12.3. The predicted octanol–water partition coefficient (Wildman–Crippen LogP) is 4.87. The number of likely N-dealkylation sites (tertiary alicyclic amines) is 1. The van der Waals surface area contributed by atoms with Crippen molar-refractivity contribution in [2.24, 2.45) is 0 Å². The number of urea groups is 1. The first kappa shape index (κ1) is 24.2. The lowest BCUT2D eigenvalue weighted by atomic mass is 10.1. The molecule has 9 heteroatoms. The highest BCUT2D eigenvalue weighted by molar-refractivity contribution is 7.80. The van der Waals surface area contributed by atoms with Crippen LogP contribution in [-0.2, 0) is 11.2 Å². The van der Waals surface area contributed by atoms with E-state index in [-0.39, 0.29) is 23.5 Å². The van der Waals surface area contributed by atoms with Crippen molar-refractivity contribution in [3.63, 3.8) is 0 Å². The number of amides is 3. The number of rotatable bonds is 6. The number of benzene rings is 2. The average Bonchev–Trinajstić information content (AvgIpc) is 3.37. The molecule has 4 rings (SSSR count). The zero-order chi connectivity index (χ0) is 24.6. The van der Waals surface area contributed by atoms with Crippen LogP contribution in [0.1, 0.15) is 24.0 Å². The molecule has 3 amide bonds. The van der Waals surface area contributed by atoms with Gasteiger partial charge in [-0.25, -0.2) is 9.78 Å². The quantitative estimate of drug-likeness (QED) is 0.428. The Morgan fingerprint density at radius 2 is 1.80 bits per heavy atom. The number of hydrogen-bond donors (Lipinski definition) is 3. The monoisotopic (exact) mass is 489 g/mol. The molecule has 2 heterocycles. The second kappa shape index (κ2) is 11.4. The lowest BCUT2D eigenvalue weighted by Gasteiger charge is -2.16. The average molecular weight is 490 g/mol. The summed E-state index contributed by atoms with van der Waals surface area (Å²) < 4.78 is 6.01. The number of aromatic nitrogens is 1. The topological polar surface area (TPSA) is 95.6 Å². The largest absolute Gasteiger partial charge is 0.457 e. The van der Waals surface area contributed by atoms with E-state index in [1.807, 2.05) is 55.5 Å². The molecule has 1 aliphatic rings. The fourth-order valence-corrected chi connectivity index (χ4v) is 3.97. The highest BCUT2D eigenvalue weighted by Gasteiger charge is 2.18. The fourth-order valence-electron chi connectivity index (χ4n) is 3.73. The molecular formula is C26H27N5O3S. The summed E-state index contributed by atoms with van der Waals surface area (Å²) in [5, 5.41) is 8.78. The number of hydrogen-bond acceptors (Lipinski definition) is 5. The van der Waals surface area contributed by atoms with Crippen LogP contribution in [0.5, 0.6) is 11.5 Å². The van der Waals surface area contributed by atoms with Gasteiger partial charge in [0.1, 0.15) is 17.3 Å². The Hall–Kier alpha value is -3.98. The van der Waals surface area contributed by atoms with E-state index in [9.17, 15) is 9.59 Å². The second-order valence-electron chi connectivity index (χ2n) is 8.25. The summed E-state index contributed by atoms with van der Waals surface area (Å²) in [7, 11) is 0. The highest BCUT2D eigenvalue weighted by atomic mass is 32.1. The van der Waals surface area contributed by atoms with Gasteiger partial charge in [0.2, 0.25) is 5.91 Å². The van der Waals surface area contributed by atoms with Gasteiger partial charge in [0.25, 0.3) is 0 Å². The van der Waals surface area contributed by atoms with Gasteiger partial charge in [0.05, 0.1) is 6.42 Å². The van der Waals surface area contributed by atoms with Gasteiger partial charge < -0.3 is 20.3 Å². The minimum absolute atomic E-state index is 0.148. The van der Waals surface area contributed by atoms with Crippen LogP contribution < -0.4 is 20.7 Å². The first-order valence-electron chi connectivity index (χ1n) is 11.4. The van der Waals surface area contributed by atoms with Crippen LogP contribution in [0, 0.1) is 6.92 Å². The summed E-state index contributed by atoms with van der Waals surface area (Å²) in [6, 6.07) is 18.3. The first-order chi connectivity index (χ1) is 17.0. The molecule has 1 aliphatic heterocycles. The number of nitrogens with zero attached hydrogens (tertiary/aromatic N) is 2. The number of nitrogens with one attached hydrogen (secondary N) is 3. The third-order valence-electron chi connectivity index (χ3n) is 5.48. The summed E-state index contributed by atoms with van der Waals surface area (Å²) in [6.45, 7) is 3.44. The molecule has 0 spiro atoms. The molecule has 180 valence electrons. The summed E-state index contributed by atoms with van der Waals surface area (Å²) in [5.41, 5.74) is 2.51. The molecule has 1 fully saturated rings. The number of carbonyl (C=O) groups is 2. The SMILES string of the molecule is Cc1cc(NC(=S)NC(=O)Cc2ccccc2)ccc1Oc1ccnc(NC(=O)N2CCCC2)c1. The van der Waals surface area contributed by atoms with Gasteiger partial charge in [0, 0.05) is 31.0 Å². The van der Waals surface area contributed by atoms with E-state index in [0.717, 1.165) is 42.7 Å².